The molecule has 2 heterocycles. The van der Waals surface area contributed by atoms with Crippen molar-refractivity contribution in [2.75, 3.05) is 5.32 Å². The van der Waals surface area contributed by atoms with E-state index in [1.807, 2.05) is 25.5 Å². The van der Waals surface area contributed by atoms with Crippen molar-refractivity contribution in [1.29, 1.82) is 0 Å². The maximum atomic E-state index is 12.8. The van der Waals surface area contributed by atoms with Crippen LogP contribution >= 0.6 is 0 Å². The number of nitro benzene ring substituents is 1. The van der Waals surface area contributed by atoms with Crippen molar-refractivity contribution in [2.45, 2.75) is 47.6 Å². The lowest BCUT2D eigenvalue weighted by Crippen LogP contribution is -2.18. The Bertz CT molecular complexity index is 1080. The number of non-ortho nitro benzene ring substituents is 1. The second kappa shape index (κ2) is 8.48. The molecule has 0 atom stereocenters. The number of rotatable bonds is 7. The van der Waals surface area contributed by atoms with Gasteiger partial charge in [-0.05, 0) is 38.8 Å². The molecule has 1 amide bonds. The van der Waals surface area contributed by atoms with Gasteiger partial charge in [0.2, 0.25) is 5.91 Å². The van der Waals surface area contributed by atoms with Crippen LogP contribution in [0.5, 0.6) is 0 Å². The maximum absolute atomic E-state index is 12.8. The van der Waals surface area contributed by atoms with Crippen molar-refractivity contribution in [3.8, 4) is 5.69 Å². The first-order valence-electron chi connectivity index (χ1n) is 9.80. The predicted molar refractivity (Wildman–Crippen MR) is 114 cm³/mol. The van der Waals surface area contributed by atoms with E-state index in [4.69, 9.17) is 0 Å². The average Bonchev–Trinajstić information content (AvgIpc) is 3.15. The van der Waals surface area contributed by atoms with Gasteiger partial charge in [-0.1, -0.05) is 13.8 Å². The van der Waals surface area contributed by atoms with Crippen LogP contribution in [0.3, 0.4) is 0 Å². The quantitative estimate of drug-likeness (QED) is 0.471. The van der Waals surface area contributed by atoms with Crippen LogP contribution in [0.2, 0.25) is 0 Å². The molecule has 3 aromatic rings. The predicted octanol–water partition coefficient (Wildman–Crippen LogP) is 3.74. The van der Waals surface area contributed by atoms with E-state index in [2.05, 4.69) is 29.4 Å². The molecule has 9 nitrogen and oxygen atoms in total. The molecule has 0 unspecified atom stereocenters. The first kappa shape index (κ1) is 21.2. The summed E-state index contributed by atoms with van der Waals surface area (Å²) >= 11 is 0. The van der Waals surface area contributed by atoms with E-state index in [0.29, 0.717) is 17.4 Å². The fourth-order valence-corrected chi connectivity index (χ4v) is 3.36. The van der Waals surface area contributed by atoms with Gasteiger partial charge in [0.05, 0.1) is 28.4 Å². The second-order valence-electron chi connectivity index (χ2n) is 7.81. The van der Waals surface area contributed by atoms with Gasteiger partial charge in [0, 0.05) is 36.0 Å². The number of nitrogens with one attached hydrogen (secondary N) is 1. The smallest absolute Gasteiger partial charge is 0.269 e. The van der Waals surface area contributed by atoms with Gasteiger partial charge in [-0.25, -0.2) is 4.68 Å². The highest BCUT2D eigenvalue weighted by Crippen LogP contribution is 2.21. The summed E-state index contributed by atoms with van der Waals surface area (Å²) in [6.45, 7) is 10.8. The first-order valence-corrected chi connectivity index (χ1v) is 9.80. The molecule has 0 aliphatic rings. The van der Waals surface area contributed by atoms with Gasteiger partial charge < -0.3 is 5.32 Å². The molecule has 0 radical (unpaired) electrons. The van der Waals surface area contributed by atoms with Crippen LogP contribution < -0.4 is 5.32 Å². The molecule has 158 valence electrons. The van der Waals surface area contributed by atoms with Gasteiger partial charge >= 0.3 is 0 Å². The summed E-state index contributed by atoms with van der Waals surface area (Å²) in [5.41, 5.74) is 4.12. The van der Waals surface area contributed by atoms with E-state index < -0.39 is 4.92 Å². The second-order valence-corrected chi connectivity index (χ2v) is 7.81. The third-order valence-electron chi connectivity index (χ3n) is 4.81. The summed E-state index contributed by atoms with van der Waals surface area (Å²) in [7, 11) is 0. The minimum atomic E-state index is -0.453. The molecule has 0 saturated carbocycles. The van der Waals surface area contributed by atoms with Crippen LogP contribution in [-0.2, 0) is 17.8 Å². The zero-order valence-corrected chi connectivity index (χ0v) is 17.8. The van der Waals surface area contributed by atoms with Gasteiger partial charge in [0.25, 0.3) is 5.69 Å². The molecule has 1 N–H and O–H groups in total. The lowest BCUT2D eigenvalue weighted by molar-refractivity contribution is -0.384. The van der Waals surface area contributed by atoms with Crippen LogP contribution in [-0.4, -0.2) is 30.4 Å². The fraction of sp³-hybridized carbons (Fsp3) is 0.381. The summed E-state index contributed by atoms with van der Waals surface area (Å²) in [6, 6.07) is 7.79. The Balaban J connectivity index is 1.80. The molecule has 0 aliphatic carbocycles. The number of nitrogens with zero attached hydrogens (tertiary/aromatic N) is 5. The molecule has 0 bridgehead atoms. The van der Waals surface area contributed by atoms with E-state index in [1.54, 1.807) is 22.9 Å². The van der Waals surface area contributed by atoms with Crippen LogP contribution in [0.1, 0.15) is 36.5 Å². The molecule has 1 aromatic carbocycles. The zero-order valence-electron chi connectivity index (χ0n) is 17.8. The zero-order chi connectivity index (χ0) is 22.0. The first-order chi connectivity index (χ1) is 14.2. The number of nitro groups is 1. The van der Waals surface area contributed by atoms with Gasteiger partial charge in [0.15, 0.2) is 0 Å². The molecule has 0 saturated heterocycles. The molecule has 0 fully saturated rings. The Morgan fingerprint density at radius 2 is 1.83 bits per heavy atom. The number of benzene rings is 1. The number of anilines is 1. The minimum absolute atomic E-state index is 0.00225. The van der Waals surface area contributed by atoms with Crippen molar-refractivity contribution in [3.05, 3.63) is 63.1 Å². The van der Waals surface area contributed by atoms with Crippen LogP contribution in [0.25, 0.3) is 5.69 Å². The largest absolute Gasteiger partial charge is 0.310 e. The summed E-state index contributed by atoms with van der Waals surface area (Å²) in [5.74, 6) is 0.799. The molecule has 3 rings (SSSR count). The van der Waals surface area contributed by atoms with Crippen molar-refractivity contribution in [3.63, 3.8) is 0 Å². The monoisotopic (exact) mass is 410 g/mol. The Labute approximate surface area is 174 Å². The Hall–Kier alpha value is -3.49. The van der Waals surface area contributed by atoms with E-state index in [0.717, 1.165) is 29.2 Å². The third-order valence-corrected chi connectivity index (χ3v) is 4.81. The molecular weight excluding hydrogens is 384 g/mol. The van der Waals surface area contributed by atoms with E-state index in [-0.39, 0.29) is 18.0 Å². The number of aryl methyl sites for hydroxylation is 2. The van der Waals surface area contributed by atoms with E-state index >= 15 is 0 Å². The van der Waals surface area contributed by atoms with Crippen LogP contribution in [0.15, 0.2) is 30.3 Å². The summed E-state index contributed by atoms with van der Waals surface area (Å²) in [6.07, 6.45) is 0.209. The Morgan fingerprint density at radius 3 is 2.43 bits per heavy atom. The Morgan fingerprint density at radius 1 is 1.17 bits per heavy atom. The number of hydrogen-bond acceptors (Lipinski definition) is 5. The SMILES string of the molecule is Cc1cc(NC(=O)Cc2c(C)nn(CC(C)C)c2C)n(-c2ccc([N+](=O)[O-])cc2)n1. The number of carbonyl (C=O) groups is 1. The standard InChI is InChI=1S/C21H26N6O3/c1-13(2)12-25-16(5)19(15(4)24-25)11-21(28)22-20-10-14(3)23-26(20)17-6-8-18(9-7-17)27(29)30/h6-10,13H,11-12H2,1-5H3,(H,22,28). The lowest BCUT2D eigenvalue weighted by atomic mass is 10.1. The highest BCUT2D eigenvalue weighted by atomic mass is 16.6. The molecule has 0 aliphatic heterocycles. The summed E-state index contributed by atoms with van der Waals surface area (Å²) in [4.78, 5) is 23.2. The van der Waals surface area contributed by atoms with E-state index in [9.17, 15) is 14.9 Å². The Kier molecular flexibility index (Phi) is 6.00. The number of amides is 1. The molecular formula is C21H26N6O3. The van der Waals surface area contributed by atoms with Crippen molar-refractivity contribution in [1.82, 2.24) is 19.6 Å². The van der Waals surface area contributed by atoms with Crippen molar-refractivity contribution >= 4 is 17.4 Å². The van der Waals surface area contributed by atoms with Crippen molar-refractivity contribution in [2.24, 2.45) is 5.92 Å². The van der Waals surface area contributed by atoms with Crippen LogP contribution in [0.4, 0.5) is 11.5 Å². The summed E-state index contributed by atoms with van der Waals surface area (Å²) < 4.78 is 3.52. The third kappa shape index (κ3) is 4.56. The van der Waals surface area contributed by atoms with Gasteiger partial charge in [-0.2, -0.15) is 10.2 Å². The molecule has 9 heteroatoms. The molecule has 30 heavy (non-hydrogen) atoms. The van der Waals surface area contributed by atoms with Gasteiger partial charge in [-0.15, -0.1) is 0 Å². The lowest BCUT2D eigenvalue weighted by Gasteiger charge is -2.10. The average molecular weight is 410 g/mol. The summed E-state index contributed by atoms with van der Waals surface area (Å²) in [5, 5.41) is 22.8. The van der Waals surface area contributed by atoms with Gasteiger partial charge in [-0.3, -0.25) is 19.6 Å². The topological polar surface area (TPSA) is 108 Å². The number of aromatic nitrogens is 4. The van der Waals surface area contributed by atoms with Crippen molar-refractivity contribution < 1.29 is 9.72 Å². The number of carbonyl (C=O) groups excluding carboxylic acids is 1. The minimum Gasteiger partial charge on any atom is -0.310 e. The molecule has 0 spiro atoms. The normalized spacial score (nSPS) is 11.1. The van der Waals surface area contributed by atoms with E-state index in [1.165, 1.54) is 12.1 Å². The highest BCUT2D eigenvalue weighted by molar-refractivity contribution is 5.92. The fourth-order valence-electron chi connectivity index (χ4n) is 3.36. The molecule has 2 aromatic heterocycles. The van der Waals surface area contributed by atoms with Gasteiger partial charge in [0.1, 0.15) is 5.82 Å². The number of hydrogen-bond donors (Lipinski definition) is 1. The maximum Gasteiger partial charge on any atom is 0.269 e. The highest BCUT2D eigenvalue weighted by Gasteiger charge is 2.18. The van der Waals surface area contributed by atoms with Crippen LogP contribution in [0, 0.1) is 36.8 Å².